The van der Waals surface area contributed by atoms with Crippen molar-refractivity contribution in [1.29, 1.82) is 0 Å². The molecule has 0 aromatic heterocycles. The van der Waals surface area contributed by atoms with Crippen LogP contribution in [0, 0.1) is 0 Å². The highest BCUT2D eigenvalue weighted by molar-refractivity contribution is 7.99. The van der Waals surface area contributed by atoms with Crippen LogP contribution in [0.2, 0.25) is 0 Å². The van der Waals surface area contributed by atoms with E-state index in [1.54, 1.807) is 0 Å². The highest BCUT2D eigenvalue weighted by atomic mass is 32.2. The molecular formula is C11H18N2O4S. The van der Waals surface area contributed by atoms with Crippen LogP contribution in [0.15, 0.2) is 0 Å². The lowest BCUT2D eigenvalue weighted by Gasteiger charge is -2.15. The van der Waals surface area contributed by atoms with Gasteiger partial charge in [-0.1, -0.05) is 0 Å². The molecular weight excluding hydrogens is 256 g/mol. The lowest BCUT2D eigenvalue weighted by atomic mass is 10.2. The number of aliphatic carboxylic acids is 1. The maximum Gasteiger partial charge on any atom is 0.332 e. The van der Waals surface area contributed by atoms with Crippen molar-refractivity contribution < 1.29 is 19.4 Å². The summed E-state index contributed by atoms with van der Waals surface area (Å²) in [4.78, 5) is 22.3. The molecule has 6 nitrogen and oxygen atoms in total. The average Bonchev–Trinajstić information content (AvgIpc) is 2.96. The van der Waals surface area contributed by atoms with Gasteiger partial charge < -0.3 is 20.5 Å². The molecule has 2 fully saturated rings. The summed E-state index contributed by atoms with van der Waals surface area (Å²) < 4.78 is 5.30. The van der Waals surface area contributed by atoms with E-state index in [2.05, 4.69) is 10.6 Å². The quantitative estimate of drug-likeness (QED) is 0.691. The van der Waals surface area contributed by atoms with E-state index in [0.717, 1.165) is 17.9 Å². The molecule has 3 N–H and O–H groups in total. The number of hydrogen-bond donors (Lipinski definition) is 3. The zero-order valence-electron chi connectivity index (χ0n) is 10.1. The molecule has 2 amide bonds. The number of rotatable bonds is 4. The summed E-state index contributed by atoms with van der Waals surface area (Å²) in [5.74, 6) is 1.13. The third kappa shape index (κ3) is 3.78. The second-order valence-corrected chi connectivity index (χ2v) is 5.73. The summed E-state index contributed by atoms with van der Waals surface area (Å²) >= 11 is 1.84. The standard InChI is InChI=1S/C11H18N2O4S/c14-10(15)9-2-1-8(17-9)5-12-11(16)13-7-3-4-18-6-7/h7-9H,1-6H2,(H,14,15)(H2,12,13,16). The molecule has 18 heavy (non-hydrogen) atoms. The van der Waals surface area contributed by atoms with Gasteiger partial charge in [0.15, 0.2) is 6.10 Å². The number of thioether (sulfide) groups is 1. The van der Waals surface area contributed by atoms with E-state index in [1.165, 1.54) is 0 Å². The molecule has 0 aliphatic carbocycles. The maximum atomic E-state index is 11.6. The van der Waals surface area contributed by atoms with Crippen LogP contribution in [0.4, 0.5) is 4.79 Å². The summed E-state index contributed by atoms with van der Waals surface area (Å²) in [7, 11) is 0. The zero-order valence-corrected chi connectivity index (χ0v) is 10.9. The first-order valence-corrected chi connectivity index (χ1v) is 7.31. The Hall–Kier alpha value is -0.950. The summed E-state index contributed by atoms with van der Waals surface area (Å²) in [5, 5.41) is 14.4. The number of carbonyl (C=O) groups is 2. The van der Waals surface area contributed by atoms with Crippen molar-refractivity contribution >= 4 is 23.8 Å². The molecule has 2 rings (SSSR count). The van der Waals surface area contributed by atoms with Crippen LogP contribution in [0.1, 0.15) is 19.3 Å². The maximum absolute atomic E-state index is 11.6. The normalized spacial score (nSPS) is 31.2. The molecule has 0 aromatic rings. The van der Waals surface area contributed by atoms with Gasteiger partial charge in [0, 0.05) is 18.3 Å². The molecule has 0 aromatic carbocycles. The minimum Gasteiger partial charge on any atom is -0.479 e. The fourth-order valence-electron chi connectivity index (χ4n) is 2.13. The number of carbonyl (C=O) groups excluding carboxylic acids is 1. The van der Waals surface area contributed by atoms with E-state index in [0.29, 0.717) is 19.4 Å². The van der Waals surface area contributed by atoms with Crippen LogP contribution < -0.4 is 10.6 Å². The number of carboxylic acids is 1. The number of amides is 2. The van der Waals surface area contributed by atoms with Gasteiger partial charge in [0.1, 0.15) is 0 Å². The molecule has 0 radical (unpaired) electrons. The fraction of sp³-hybridized carbons (Fsp3) is 0.818. The molecule has 0 saturated carbocycles. The minimum atomic E-state index is -0.926. The van der Waals surface area contributed by atoms with Crippen LogP contribution in [0.5, 0.6) is 0 Å². The topological polar surface area (TPSA) is 87.7 Å². The summed E-state index contributed by atoms with van der Waals surface area (Å²) in [6, 6.07) is 0.0659. The summed E-state index contributed by atoms with van der Waals surface area (Å²) in [6.07, 6.45) is 1.30. The number of urea groups is 1. The van der Waals surface area contributed by atoms with Gasteiger partial charge in [0.25, 0.3) is 0 Å². The van der Waals surface area contributed by atoms with Gasteiger partial charge in [-0.15, -0.1) is 0 Å². The van der Waals surface area contributed by atoms with Crippen molar-refractivity contribution in [3.63, 3.8) is 0 Å². The molecule has 3 atom stereocenters. The second kappa shape index (κ2) is 6.29. The number of nitrogens with one attached hydrogen (secondary N) is 2. The third-order valence-electron chi connectivity index (χ3n) is 3.14. The fourth-order valence-corrected chi connectivity index (χ4v) is 3.28. The van der Waals surface area contributed by atoms with E-state index in [9.17, 15) is 9.59 Å². The number of carboxylic acid groups (broad SMARTS) is 1. The molecule has 102 valence electrons. The molecule has 2 heterocycles. The Morgan fingerprint density at radius 2 is 2.17 bits per heavy atom. The molecule has 2 aliphatic heterocycles. The van der Waals surface area contributed by atoms with Crippen molar-refractivity contribution in [2.24, 2.45) is 0 Å². The molecule has 7 heteroatoms. The van der Waals surface area contributed by atoms with E-state index < -0.39 is 12.1 Å². The van der Waals surface area contributed by atoms with Crippen molar-refractivity contribution in [1.82, 2.24) is 10.6 Å². The highest BCUT2D eigenvalue weighted by Gasteiger charge is 2.30. The Morgan fingerprint density at radius 3 is 2.78 bits per heavy atom. The first kappa shape index (κ1) is 13.5. The third-order valence-corrected chi connectivity index (χ3v) is 4.30. The van der Waals surface area contributed by atoms with E-state index in [4.69, 9.17) is 9.84 Å². The van der Waals surface area contributed by atoms with Crippen LogP contribution in [-0.4, -0.2) is 53.4 Å². The lowest BCUT2D eigenvalue weighted by molar-refractivity contribution is -0.149. The molecule has 0 spiro atoms. The van der Waals surface area contributed by atoms with E-state index in [1.807, 2.05) is 11.8 Å². The highest BCUT2D eigenvalue weighted by Crippen LogP contribution is 2.19. The number of ether oxygens (including phenoxy) is 1. The Bertz CT molecular complexity index is 320. The van der Waals surface area contributed by atoms with Gasteiger partial charge in [0.05, 0.1) is 6.10 Å². The van der Waals surface area contributed by atoms with Crippen LogP contribution in [-0.2, 0) is 9.53 Å². The van der Waals surface area contributed by atoms with Gasteiger partial charge >= 0.3 is 12.0 Å². The first-order chi connectivity index (χ1) is 8.65. The van der Waals surface area contributed by atoms with Gasteiger partial charge in [-0.2, -0.15) is 11.8 Å². The Kier molecular flexibility index (Phi) is 4.71. The van der Waals surface area contributed by atoms with Crippen molar-refractivity contribution in [2.75, 3.05) is 18.1 Å². The van der Waals surface area contributed by atoms with Crippen LogP contribution in [0.25, 0.3) is 0 Å². The van der Waals surface area contributed by atoms with Gasteiger partial charge in [-0.25, -0.2) is 9.59 Å². The van der Waals surface area contributed by atoms with Crippen molar-refractivity contribution in [2.45, 2.75) is 37.5 Å². The van der Waals surface area contributed by atoms with Gasteiger partial charge in [-0.3, -0.25) is 0 Å². The average molecular weight is 274 g/mol. The molecule has 3 unspecified atom stereocenters. The van der Waals surface area contributed by atoms with Gasteiger partial charge in [-0.05, 0) is 25.0 Å². The predicted molar refractivity (Wildman–Crippen MR) is 67.8 cm³/mol. The monoisotopic (exact) mass is 274 g/mol. The first-order valence-electron chi connectivity index (χ1n) is 6.15. The Labute approximate surface area is 110 Å². The molecule has 2 aliphatic rings. The predicted octanol–water partition coefficient (Wildman–Crippen LogP) is 0.423. The molecule has 0 bridgehead atoms. The zero-order chi connectivity index (χ0) is 13.0. The summed E-state index contributed by atoms with van der Waals surface area (Å²) in [6.45, 7) is 0.371. The van der Waals surface area contributed by atoms with Crippen molar-refractivity contribution in [3.8, 4) is 0 Å². The SMILES string of the molecule is O=C(NCC1CCC(C(=O)O)O1)NC1CCSC1. The Morgan fingerprint density at radius 1 is 1.33 bits per heavy atom. The Balaban J connectivity index is 1.62. The second-order valence-electron chi connectivity index (χ2n) is 4.58. The van der Waals surface area contributed by atoms with E-state index in [-0.39, 0.29) is 18.2 Å². The number of hydrogen-bond acceptors (Lipinski definition) is 4. The van der Waals surface area contributed by atoms with Crippen LogP contribution in [0.3, 0.4) is 0 Å². The lowest BCUT2D eigenvalue weighted by Crippen LogP contribution is -2.44. The smallest absolute Gasteiger partial charge is 0.332 e. The molecule has 2 saturated heterocycles. The summed E-state index contributed by atoms with van der Waals surface area (Å²) in [5.41, 5.74) is 0. The van der Waals surface area contributed by atoms with Crippen molar-refractivity contribution in [3.05, 3.63) is 0 Å². The minimum absolute atomic E-state index is 0.185. The van der Waals surface area contributed by atoms with Gasteiger partial charge in [0.2, 0.25) is 0 Å². The van der Waals surface area contributed by atoms with Crippen LogP contribution >= 0.6 is 11.8 Å². The van der Waals surface area contributed by atoms with E-state index >= 15 is 0 Å². The largest absolute Gasteiger partial charge is 0.479 e.